The molecule has 0 saturated heterocycles. The van der Waals surface area contributed by atoms with E-state index in [9.17, 15) is 4.79 Å². The highest BCUT2D eigenvalue weighted by Crippen LogP contribution is 2.39. The summed E-state index contributed by atoms with van der Waals surface area (Å²) in [6.07, 6.45) is 2.56. The van der Waals surface area contributed by atoms with Crippen LogP contribution in [-0.4, -0.2) is 13.4 Å². The summed E-state index contributed by atoms with van der Waals surface area (Å²) in [7, 11) is 1.59. The van der Waals surface area contributed by atoms with Crippen molar-refractivity contribution < 1.29 is 9.53 Å². The predicted octanol–water partition coefficient (Wildman–Crippen LogP) is 2.44. The lowest BCUT2D eigenvalue weighted by atomic mass is 9.98. The maximum atomic E-state index is 11.1. The topological polar surface area (TPSA) is 26.3 Å². The van der Waals surface area contributed by atoms with Gasteiger partial charge in [0.1, 0.15) is 5.60 Å². The first kappa shape index (κ1) is 9.87. The summed E-state index contributed by atoms with van der Waals surface area (Å²) in [4.78, 5) is 11.1. The zero-order chi connectivity index (χ0) is 10.2. The van der Waals surface area contributed by atoms with Crippen molar-refractivity contribution >= 4 is 22.2 Å². The Morgan fingerprint density at radius 2 is 2.36 bits per heavy atom. The van der Waals surface area contributed by atoms with E-state index in [2.05, 4.69) is 22.0 Å². The fourth-order valence-corrected chi connectivity index (χ4v) is 2.43. The van der Waals surface area contributed by atoms with Gasteiger partial charge in [-0.2, -0.15) is 0 Å². The van der Waals surface area contributed by atoms with E-state index in [1.807, 2.05) is 12.1 Å². The first-order valence-electron chi connectivity index (χ1n) is 4.52. The zero-order valence-electron chi connectivity index (χ0n) is 7.92. The molecule has 0 N–H and O–H groups in total. The Bertz CT molecular complexity index is 376. The lowest BCUT2D eigenvalue weighted by Crippen LogP contribution is -2.26. The molecule has 2 nitrogen and oxygen atoms in total. The summed E-state index contributed by atoms with van der Waals surface area (Å²) in [5.74, 6) is 0. The number of carbonyl (C=O) groups is 1. The molecule has 0 heterocycles. The Balaban J connectivity index is 2.53. The highest BCUT2D eigenvalue weighted by Gasteiger charge is 2.38. The molecule has 2 rings (SSSR count). The monoisotopic (exact) mass is 254 g/mol. The Hall–Kier alpha value is -0.670. The molecular formula is C11H11BrO2. The van der Waals surface area contributed by atoms with E-state index in [1.54, 1.807) is 7.11 Å². The standard InChI is InChI=1S/C11H11BrO2/c1-14-11(7-13)5-4-8-6-9(12)2-3-10(8)11/h2-3,6-7H,4-5H2,1H3. The molecule has 0 aromatic heterocycles. The number of hydrogen-bond acceptors (Lipinski definition) is 2. The summed E-state index contributed by atoms with van der Waals surface area (Å²) in [5, 5.41) is 0. The maximum absolute atomic E-state index is 11.1. The molecule has 1 unspecified atom stereocenters. The molecule has 74 valence electrons. The number of aryl methyl sites for hydroxylation is 1. The van der Waals surface area contributed by atoms with Crippen LogP contribution in [0.2, 0.25) is 0 Å². The van der Waals surface area contributed by atoms with Crippen LogP contribution in [0.3, 0.4) is 0 Å². The van der Waals surface area contributed by atoms with Crippen LogP contribution in [-0.2, 0) is 21.6 Å². The van der Waals surface area contributed by atoms with E-state index in [4.69, 9.17) is 4.74 Å². The van der Waals surface area contributed by atoms with E-state index >= 15 is 0 Å². The molecule has 0 aliphatic heterocycles. The van der Waals surface area contributed by atoms with Gasteiger partial charge in [0.25, 0.3) is 0 Å². The van der Waals surface area contributed by atoms with Crippen LogP contribution < -0.4 is 0 Å². The van der Waals surface area contributed by atoms with Gasteiger partial charge in [0.2, 0.25) is 0 Å². The van der Waals surface area contributed by atoms with Crippen LogP contribution >= 0.6 is 15.9 Å². The van der Waals surface area contributed by atoms with Crippen LogP contribution in [0, 0.1) is 0 Å². The van der Waals surface area contributed by atoms with E-state index in [0.29, 0.717) is 0 Å². The van der Waals surface area contributed by atoms with Gasteiger partial charge in [-0.05, 0) is 36.1 Å². The van der Waals surface area contributed by atoms with Crippen molar-refractivity contribution in [3.05, 3.63) is 33.8 Å². The first-order valence-corrected chi connectivity index (χ1v) is 5.31. The summed E-state index contributed by atoms with van der Waals surface area (Å²) in [5.41, 5.74) is 1.52. The highest BCUT2D eigenvalue weighted by atomic mass is 79.9. The normalized spacial score (nSPS) is 24.7. The van der Waals surface area contributed by atoms with E-state index in [1.165, 1.54) is 5.56 Å². The summed E-state index contributed by atoms with van der Waals surface area (Å²) < 4.78 is 6.38. The van der Waals surface area contributed by atoms with Crippen molar-refractivity contribution in [1.82, 2.24) is 0 Å². The van der Waals surface area contributed by atoms with Gasteiger partial charge in [0.15, 0.2) is 6.29 Å². The number of benzene rings is 1. The maximum Gasteiger partial charge on any atom is 0.156 e. The SMILES string of the molecule is COC1(C=O)CCc2cc(Br)ccc21. The van der Waals surface area contributed by atoms with Gasteiger partial charge in [0, 0.05) is 11.6 Å². The molecule has 1 atom stereocenters. The number of ether oxygens (including phenoxy) is 1. The van der Waals surface area contributed by atoms with E-state index in [-0.39, 0.29) is 0 Å². The first-order chi connectivity index (χ1) is 6.72. The molecule has 0 spiro atoms. The second-order valence-electron chi connectivity index (χ2n) is 3.51. The smallest absolute Gasteiger partial charge is 0.156 e. The van der Waals surface area contributed by atoms with Crippen LogP contribution in [0.15, 0.2) is 22.7 Å². The number of fused-ring (bicyclic) bond motifs is 1. The van der Waals surface area contributed by atoms with Gasteiger partial charge in [-0.1, -0.05) is 22.0 Å². The van der Waals surface area contributed by atoms with Gasteiger partial charge < -0.3 is 4.74 Å². The second-order valence-corrected chi connectivity index (χ2v) is 4.43. The summed E-state index contributed by atoms with van der Waals surface area (Å²) in [6.45, 7) is 0. The fourth-order valence-electron chi connectivity index (χ4n) is 2.02. The number of halogens is 1. The Morgan fingerprint density at radius 3 is 3.00 bits per heavy atom. The molecule has 0 saturated carbocycles. The quantitative estimate of drug-likeness (QED) is 0.758. The molecule has 0 amide bonds. The third-order valence-electron chi connectivity index (χ3n) is 2.84. The van der Waals surface area contributed by atoms with Gasteiger partial charge in [-0.15, -0.1) is 0 Å². The summed E-state index contributed by atoms with van der Waals surface area (Å²) in [6, 6.07) is 5.96. The number of carbonyl (C=O) groups excluding carboxylic acids is 1. The average Bonchev–Trinajstić information content (AvgIpc) is 2.56. The van der Waals surface area contributed by atoms with Gasteiger partial charge in [0.05, 0.1) is 0 Å². The van der Waals surface area contributed by atoms with Gasteiger partial charge in [-0.25, -0.2) is 0 Å². The van der Waals surface area contributed by atoms with E-state index in [0.717, 1.165) is 29.2 Å². The minimum atomic E-state index is -0.698. The highest BCUT2D eigenvalue weighted by molar-refractivity contribution is 9.10. The predicted molar refractivity (Wildman–Crippen MR) is 57.2 cm³/mol. The number of hydrogen-bond donors (Lipinski definition) is 0. The molecule has 1 aromatic rings. The number of methoxy groups -OCH3 is 1. The zero-order valence-corrected chi connectivity index (χ0v) is 9.50. The van der Waals surface area contributed by atoms with Crippen molar-refractivity contribution in [2.75, 3.05) is 7.11 Å². The van der Waals surface area contributed by atoms with Crippen LogP contribution in [0.5, 0.6) is 0 Å². The van der Waals surface area contributed by atoms with Crippen molar-refractivity contribution in [3.63, 3.8) is 0 Å². The van der Waals surface area contributed by atoms with Crippen LogP contribution in [0.25, 0.3) is 0 Å². The number of rotatable bonds is 2. The number of aldehydes is 1. The van der Waals surface area contributed by atoms with Crippen LogP contribution in [0.1, 0.15) is 17.5 Å². The molecule has 1 aliphatic rings. The Kier molecular flexibility index (Phi) is 2.45. The molecule has 3 heteroatoms. The molecule has 1 aromatic carbocycles. The van der Waals surface area contributed by atoms with Crippen molar-refractivity contribution in [1.29, 1.82) is 0 Å². The third-order valence-corrected chi connectivity index (χ3v) is 3.34. The molecule has 0 fully saturated rings. The largest absolute Gasteiger partial charge is 0.366 e. The van der Waals surface area contributed by atoms with Gasteiger partial charge >= 0.3 is 0 Å². The molecule has 0 bridgehead atoms. The van der Waals surface area contributed by atoms with Gasteiger partial charge in [-0.3, -0.25) is 4.79 Å². The lowest BCUT2D eigenvalue weighted by Gasteiger charge is -2.21. The lowest BCUT2D eigenvalue weighted by molar-refractivity contribution is -0.128. The fraction of sp³-hybridized carbons (Fsp3) is 0.364. The second kappa shape index (κ2) is 3.48. The molecule has 14 heavy (non-hydrogen) atoms. The minimum absolute atomic E-state index is 0.698. The molecule has 1 aliphatic carbocycles. The van der Waals surface area contributed by atoms with Crippen molar-refractivity contribution in [3.8, 4) is 0 Å². The average molecular weight is 255 g/mol. The van der Waals surface area contributed by atoms with Crippen molar-refractivity contribution in [2.45, 2.75) is 18.4 Å². The van der Waals surface area contributed by atoms with E-state index < -0.39 is 5.60 Å². The molecule has 0 radical (unpaired) electrons. The summed E-state index contributed by atoms with van der Waals surface area (Å²) >= 11 is 3.42. The van der Waals surface area contributed by atoms with Crippen LogP contribution in [0.4, 0.5) is 0 Å². The molecular weight excluding hydrogens is 244 g/mol. The Labute approximate surface area is 91.4 Å². The minimum Gasteiger partial charge on any atom is -0.366 e. The Morgan fingerprint density at radius 1 is 1.57 bits per heavy atom. The third kappa shape index (κ3) is 1.31. The van der Waals surface area contributed by atoms with Crippen molar-refractivity contribution in [2.24, 2.45) is 0 Å².